The number of benzene rings is 4. The van der Waals surface area contributed by atoms with Gasteiger partial charge in [0.15, 0.2) is 0 Å². The van der Waals surface area contributed by atoms with Crippen LogP contribution < -0.4 is 15.5 Å². The van der Waals surface area contributed by atoms with Crippen LogP contribution in [0.4, 0.5) is 5.69 Å². The van der Waals surface area contributed by atoms with Gasteiger partial charge in [0.1, 0.15) is 18.8 Å². The van der Waals surface area contributed by atoms with E-state index in [9.17, 15) is 9.59 Å². The summed E-state index contributed by atoms with van der Waals surface area (Å²) in [6, 6.07) is 25.8. The Kier molecular flexibility index (Phi) is 7.98. The Labute approximate surface area is 212 Å². The quantitative estimate of drug-likeness (QED) is 0.170. The molecule has 6 nitrogen and oxygen atoms in total. The van der Waals surface area contributed by atoms with E-state index in [0.717, 1.165) is 16.3 Å². The summed E-state index contributed by atoms with van der Waals surface area (Å²) in [5.74, 6) is -0.453. The Balaban J connectivity index is 1.44. The molecule has 8 heteroatoms. The molecular weight excluding hydrogens is 485 g/mol. The van der Waals surface area contributed by atoms with Gasteiger partial charge in [-0.05, 0) is 46.7 Å². The van der Waals surface area contributed by atoms with Crippen LogP contribution in [-0.4, -0.2) is 18.0 Å². The van der Waals surface area contributed by atoms with Crippen LogP contribution in [0.1, 0.15) is 17.5 Å². The highest BCUT2D eigenvalue weighted by molar-refractivity contribution is 6.33. The smallest absolute Gasteiger partial charge is 0.249 e. The Morgan fingerprint density at radius 2 is 1.60 bits per heavy atom. The molecule has 0 fully saturated rings. The Bertz CT molecular complexity index is 1390. The van der Waals surface area contributed by atoms with Crippen molar-refractivity contribution in [1.82, 2.24) is 5.43 Å². The first-order valence-electron chi connectivity index (χ1n) is 10.7. The summed E-state index contributed by atoms with van der Waals surface area (Å²) in [6.07, 6.45) is 1.11. The first kappa shape index (κ1) is 24.3. The average molecular weight is 506 g/mol. The minimum absolute atomic E-state index is 0.338. The minimum Gasteiger partial charge on any atom is -0.488 e. The number of nitrogens with zero attached hydrogens (tertiary/aromatic N) is 1. The summed E-state index contributed by atoms with van der Waals surface area (Å²) in [4.78, 5) is 24.4. The first-order valence-corrected chi connectivity index (χ1v) is 11.5. The van der Waals surface area contributed by atoms with E-state index in [1.807, 2.05) is 48.5 Å². The van der Waals surface area contributed by atoms with E-state index in [-0.39, 0.29) is 0 Å². The molecule has 4 rings (SSSR count). The monoisotopic (exact) mass is 505 g/mol. The molecule has 2 amide bonds. The number of hydrogen-bond donors (Lipinski definition) is 2. The number of anilines is 1. The lowest BCUT2D eigenvalue weighted by molar-refractivity contribution is -0.126. The molecule has 2 N–H and O–H groups in total. The van der Waals surface area contributed by atoms with Gasteiger partial charge in [-0.25, -0.2) is 5.43 Å². The van der Waals surface area contributed by atoms with Gasteiger partial charge in [0.2, 0.25) is 11.8 Å². The molecule has 0 bridgehead atoms. The maximum absolute atomic E-state index is 12.2. The number of carbonyl (C=O) groups excluding carboxylic acids is 2. The Morgan fingerprint density at radius 3 is 2.40 bits per heavy atom. The van der Waals surface area contributed by atoms with Crippen molar-refractivity contribution >= 4 is 57.7 Å². The van der Waals surface area contributed by atoms with Crippen molar-refractivity contribution in [2.24, 2.45) is 5.10 Å². The van der Waals surface area contributed by atoms with E-state index in [4.69, 9.17) is 27.9 Å². The van der Waals surface area contributed by atoms with Gasteiger partial charge in [-0.1, -0.05) is 77.8 Å². The van der Waals surface area contributed by atoms with Crippen LogP contribution in [0.15, 0.2) is 90.0 Å². The number of ether oxygens (including phenoxy) is 1. The lowest BCUT2D eigenvalue weighted by atomic mass is 10.0. The first-order chi connectivity index (χ1) is 17.0. The molecule has 0 aromatic heterocycles. The van der Waals surface area contributed by atoms with Crippen molar-refractivity contribution in [2.45, 2.75) is 13.0 Å². The van der Waals surface area contributed by atoms with Crippen molar-refractivity contribution in [3.05, 3.63) is 106 Å². The van der Waals surface area contributed by atoms with E-state index in [1.54, 1.807) is 36.4 Å². The van der Waals surface area contributed by atoms with Crippen LogP contribution >= 0.6 is 23.2 Å². The molecule has 0 saturated carbocycles. The van der Waals surface area contributed by atoms with E-state index in [0.29, 0.717) is 33.7 Å². The number of carbonyl (C=O) groups is 2. The predicted octanol–water partition coefficient (Wildman–Crippen LogP) is 6.20. The highest BCUT2D eigenvalue weighted by Crippen LogP contribution is 2.27. The zero-order valence-corrected chi connectivity index (χ0v) is 20.0. The molecular formula is C27H21Cl2N3O3. The molecule has 4 aromatic carbocycles. The molecule has 0 saturated heterocycles. The molecule has 0 aliphatic carbocycles. The van der Waals surface area contributed by atoms with E-state index >= 15 is 0 Å². The number of fused-ring (bicyclic) bond motifs is 1. The molecule has 0 aliphatic rings. The van der Waals surface area contributed by atoms with Gasteiger partial charge in [0.05, 0.1) is 16.9 Å². The molecule has 0 unspecified atom stereocenters. The number of amides is 2. The molecule has 0 radical (unpaired) electrons. The van der Waals surface area contributed by atoms with Gasteiger partial charge in [-0.2, -0.15) is 5.10 Å². The minimum atomic E-state index is -0.560. The highest BCUT2D eigenvalue weighted by Gasteiger charge is 2.11. The van der Waals surface area contributed by atoms with Crippen molar-refractivity contribution in [3.8, 4) is 5.75 Å². The summed E-state index contributed by atoms with van der Waals surface area (Å²) in [5, 5.41) is 9.63. The zero-order valence-electron chi connectivity index (χ0n) is 18.5. The lowest BCUT2D eigenvalue weighted by Crippen LogP contribution is -2.24. The summed E-state index contributed by atoms with van der Waals surface area (Å²) in [6.45, 7) is 0.338. The fourth-order valence-corrected chi connectivity index (χ4v) is 3.70. The maximum Gasteiger partial charge on any atom is 0.249 e. The van der Waals surface area contributed by atoms with E-state index < -0.39 is 18.2 Å². The zero-order chi connectivity index (χ0) is 24.6. The van der Waals surface area contributed by atoms with Crippen LogP contribution in [0.25, 0.3) is 10.8 Å². The Morgan fingerprint density at radius 1 is 0.857 bits per heavy atom. The Hall–Kier alpha value is -3.87. The lowest BCUT2D eigenvalue weighted by Gasteiger charge is -2.12. The second-order valence-corrected chi connectivity index (χ2v) is 8.46. The number of nitrogens with one attached hydrogen (secondary N) is 2. The van der Waals surface area contributed by atoms with Crippen LogP contribution in [0.3, 0.4) is 0 Å². The molecule has 0 aliphatic heterocycles. The molecule has 0 spiro atoms. The number of para-hydroxylation sites is 1. The third-order valence-electron chi connectivity index (χ3n) is 5.09. The topological polar surface area (TPSA) is 79.8 Å². The van der Waals surface area contributed by atoms with Crippen molar-refractivity contribution in [3.63, 3.8) is 0 Å². The number of hydrazone groups is 1. The normalized spacial score (nSPS) is 10.9. The number of halogens is 2. The van der Waals surface area contributed by atoms with Crippen LogP contribution in [-0.2, 0) is 16.2 Å². The van der Waals surface area contributed by atoms with E-state index in [2.05, 4.69) is 15.8 Å². The highest BCUT2D eigenvalue weighted by atomic mass is 35.5. The van der Waals surface area contributed by atoms with Gasteiger partial charge in [0.25, 0.3) is 0 Å². The standard InChI is InChI=1S/C27H21Cl2N3O3/c28-20-12-9-18(10-13-20)17-35-25-14-11-19-5-1-2-6-21(19)22(25)16-30-32-27(34)15-26(33)31-24-8-4-3-7-23(24)29/h1-14,16H,15,17H2,(H,31,33)(H,32,34). The van der Waals surface area contributed by atoms with E-state index in [1.165, 1.54) is 6.21 Å². The van der Waals surface area contributed by atoms with Gasteiger partial charge in [-0.15, -0.1) is 0 Å². The SMILES string of the molecule is O=C(CC(=O)Nc1ccccc1Cl)NN=Cc1c(OCc2ccc(Cl)cc2)ccc2ccccc12. The number of hydrogen-bond acceptors (Lipinski definition) is 4. The van der Waals surface area contributed by atoms with Gasteiger partial charge in [-0.3, -0.25) is 9.59 Å². The summed E-state index contributed by atoms with van der Waals surface area (Å²) in [5.41, 5.74) is 4.51. The maximum atomic E-state index is 12.2. The third-order valence-corrected chi connectivity index (χ3v) is 5.67. The molecule has 0 heterocycles. The predicted molar refractivity (Wildman–Crippen MR) is 140 cm³/mol. The van der Waals surface area contributed by atoms with Crippen molar-refractivity contribution in [1.29, 1.82) is 0 Å². The molecule has 0 atom stereocenters. The van der Waals surface area contributed by atoms with Crippen LogP contribution in [0.2, 0.25) is 10.0 Å². The largest absolute Gasteiger partial charge is 0.488 e. The molecule has 4 aromatic rings. The van der Waals surface area contributed by atoms with Crippen LogP contribution in [0, 0.1) is 0 Å². The van der Waals surface area contributed by atoms with Crippen LogP contribution in [0.5, 0.6) is 5.75 Å². The molecule has 35 heavy (non-hydrogen) atoms. The fraction of sp³-hybridized carbons (Fsp3) is 0.0741. The summed E-state index contributed by atoms with van der Waals surface area (Å²) < 4.78 is 6.05. The average Bonchev–Trinajstić information content (AvgIpc) is 2.85. The van der Waals surface area contributed by atoms with Crippen molar-refractivity contribution < 1.29 is 14.3 Å². The molecule has 176 valence electrons. The van der Waals surface area contributed by atoms with Gasteiger partial charge < -0.3 is 10.1 Å². The van der Waals surface area contributed by atoms with Gasteiger partial charge >= 0.3 is 0 Å². The second kappa shape index (κ2) is 11.5. The summed E-state index contributed by atoms with van der Waals surface area (Å²) in [7, 11) is 0. The summed E-state index contributed by atoms with van der Waals surface area (Å²) >= 11 is 12.0. The fourth-order valence-electron chi connectivity index (χ4n) is 3.39. The van der Waals surface area contributed by atoms with Gasteiger partial charge in [0, 0.05) is 10.6 Å². The third kappa shape index (κ3) is 6.59. The second-order valence-electron chi connectivity index (χ2n) is 7.61. The number of rotatable bonds is 8. The van der Waals surface area contributed by atoms with Crippen molar-refractivity contribution in [2.75, 3.05) is 5.32 Å².